The second kappa shape index (κ2) is 3.09. The Kier molecular flexibility index (Phi) is 3.16. The van der Waals surface area contributed by atoms with Crippen molar-refractivity contribution in [1.29, 1.82) is 0 Å². The fraction of sp³-hybridized carbons (Fsp3) is 1.00. The summed E-state index contributed by atoms with van der Waals surface area (Å²) >= 11 is 0. The van der Waals surface area contributed by atoms with Gasteiger partial charge in [-0.25, -0.2) is 4.57 Å². The summed E-state index contributed by atoms with van der Waals surface area (Å²) in [6.45, 7) is 5.11. The third-order valence-corrected chi connectivity index (χ3v) is 1.65. The van der Waals surface area contributed by atoms with Gasteiger partial charge in [-0.15, -0.1) is 13.6 Å². The Hall–Kier alpha value is 0.227. The maximum absolute atomic E-state index is 11.6. The summed E-state index contributed by atoms with van der Waals surface area (Å²) in [6, 6.07) is 0. The standard InChI is InChI=1S/C3H10F2NO2PSi/c1-10(2,3)8-6-9(4,5)7/h1-3H3,(H,6,7). The molecule has 0 heterocycles. The van der Waals surface area contributed by atoms with Gasteiger partial charge in [0.05, 0.1) is 0 Å². The largest absolute Gasteiger partial charge is 0.502 e. The Morgan fingerprint density at radius 2 is 1.80 bits per heavy atom. The van der Waals surface area contributed by atoms with E-state index in [1.165, 1.54) is 5.25 Å². The van der Waals surface area contributed by atoms with Crippen molar-refractivity contribution in [3.63, 3.8) is 0 Å². The molecule has 0 amide bonds. The van der Waals surface area contributed by atoms with E-state index in [0.717, 1.165) is 0 Å². The monoisotopic (exact) mass is 189 g/mol. The zero-order chi connectivity index (χ0) is 8.41. The van der Waals surface area contributed by atoms with E-state index < -0.39 is 16.2 Å². The Labute approximate surface area is 59.5 Å². The molecule has 0 spiro atoms. The summed E-state index contributed by atoms with van der Waals surface area (Å²) in [4.78, 5) is 0. The van der Waals surface area contributed by atoms with E-state index in [2.05, 4.69) is 4.53 Å². The van der Waals surface area contributed by atoms with Crippen molar-refractivity contribution in [2.75, 3.05) is 0 Å². The fourth-order valence-electron chi connectivity index (χ4n) is 0.190. The molecule has 0 saturated carbocycles. The van der Waals surface area contributed by atoms with Gasteiger partial charge in [-0.2, -0.15) is 0 Å². The zero-order valence-corrected chi connectivity index (χ0v) is 7.91. The number of nitrogens with one attached hydrogen (secondary N) is 1. The van der Waals surface area contributed by atoms with Gasteiger partial charge in [-0.05, 0) is 19.6 Å². The van der Waals surface area contributed by atoms with Gasteiger partial charge in [0, 0.05) is 0 Å². The van der Waals surface area contributed by atoms with Crippen molar-refractivity contribution in [3.8, 4) is 0 Å². The molecule has 0 fully saturated rings. The molecular weight excluding hydrogens is 179 g/mol. The second-order valence-electron chi connectivity index (χ2n) is 2.77. The van der Waals surface area contributed by atoms with Crippen LogP contribution < -0.4 is 5.25 Å². The highest BCUT2D eigenvalue weighted by atomic mass is 31.2. The molecule has 10 heavy (non-hydrogen) atoms. The van der Waals surface area contributed by atoms with Gasteiger partial charge in [0.1, 0.15) is 0 Å². The summed E-state index contributed by atoms with van der Waals surface area (Å²) in [5.41, 5.74) is 0. The lowest BCUT2D eigenvalue weighted by Gasteiger charge is -2.15. The number of rotatable bonds is 3. The van der Waals surface area contributed by atoms with Crippen LogP contribution in [0.5, 0.6) is 0 Å². The normalized spacial score (nSPS) is 13.7. The molecule has 0 aliphatic carbocycles. The molecule has 1 N–H and O–H groups in total. The van der Waals surface area contributed by atoms with Crippen molar-refractivity contribution >= 4 is 16.2 Å². The highest BCUT2D eigenvalue weighted by Gasteiger charge is 2.24. The molecule has 0 aliphatic heterocycles. The van der Waals surface area contributed by atoms with Crippen molar-refractivity contribution in [2.45, 2.75) is 19.6 Å². The molecule has 0 unspecified atom stereocenters. The van der Waals surface area contributed by atoms with Crippen LogP contribution >= 0.6 is 7.91 Å². The average Bonchev–Trinajstić information content (AvgIpc) is 1.57. The Morgan fingerprint density at radius 1 is 1.40 bits per heavy atom. The van der Waals surface area contributed by atoms with E-state index in [9.17, 15) is 13.0 Å². The van der Waals surface area contributed by atoms with Crippen molar-refractivity contribution in [1.82, 2.24) is 5.25 Å². The van der Waals surface area contributed by atoms with E-state index in [4.69, 9.17) is 0 Å². The molecule has 0 aromatic heterocycles. The van der Waals surface area contributed by atoms with Crippen LogP contribution in [0.15, 0.2) is 0 Å². The van der Waals surface area contributed by atoms with Crippen LogP contribution in [-0.4, -0.2) is 8.32 Å². The van der Waals surface area contributed by atoms with Crippen LogP contribution in [0.1, 0.15) is 0 Å². The van der Waals surface area contributed by atoms with Crippen LogP contribution in [-0.2, 0) is 9.09 Å². The van der Waals surface area contributed by atoms with Crippen LogP contribution in [0.25, 0.3) is 0 Å². The van der Waals surface area contributed by atoms with Gasteiger partial charge >= 0.3 is 7.91 Å². The van der Waals surface area contributed by atoms with Crippen LogP contribution in [0.4, 0.5) is 8.39 Å². The third-order valence-electron chi connectivity index (χ3n) is 0.458. The maximum atomic E-state index is 11.6. The molecule has 7 heteroatoms. The van der Waals surface area contributed by atoms with E-state index >= 15 is 0 Å². The molecule has 3 nitrogen and oxygen atoms in total. The fourth-order valence-corrected chi connectivity index (χ4v) is 1.71. The van der Waals surface area contributed by atoms with Crippen molar-refractivity contribution in [2.24, 2.45) is 0 Å². The molecular formula is C3H10F2NO2PSi. The molecule has 0 bridgehead atoms. The van der Waals surface area contributed by atoms with Crippen LogP contribution in [0.2, 0.25) is 19.6 Å². The van der Waals surface area contributed by atoms with E-state index in [1.54, 1.807) is 19.6 Å². The van der Waals surface area contributed by atoms with Gasteiger partial charge in [-0.3, -0.25) is 0 Å². The molecule has 0 saturated heterocycles. The molecule has 0 rings (SSSR count). The summed E-state index contributed by atoms with van der Waals surface area (Å²) in [5.74, 6) is 0. The lowest BCUT2D eigenvalue weighted by molar-refractivity contribution is 0.239. The van der Waals surface area contributed by atoms with Gasteiger partial charge in [-0.1, -0.05) is 0 Å². The summed E-state index contributed by atoms with van der Waals surface area (Å²) in [7, 11) is -7.23. The number of hydrogen-bond acceptors (Lipinski definition) is 2. The minimum atomic E-state index is -5.20. The number of halogens is 2. The summed E-state index contributed by atoms with van der Waals surface area (Å²) in [5, 5.41) is 1.25. The van der Waals surface area contributed by atoms with Gasteiger partial charge in [0.15, 0.2) is 0 Å². The second-order valence-corrected chi connectivity index (χ2v) is 8.30. The van der Waals surface area contributed by atoms with Crippen LogP contribution in [0.3, 0.4) is 0 Å². The first-order chi connectivity index (χ1) is 4.21. The Balaban J connectivity index is 3.67. The van der Waals surface area contributed by atoms with E-state index in [1.807, 2.05) is 0 Å². The van der Waals surface area contributed by atoms with Gasteiger partial charge in [0.2, 0.25) is 8.32 Å². The highest BCUT2D eigenvalue weighted by molar-refractivity contribution is 7.50. The third kappa shape index (κ3) is 8.23. The minimum absolute atomic E-state index is 1.25. The van der Waals surface area contributed by atoms with E-state index in [-0.39, 0.29) is 0 Å². The smallest absolute Gasteiger partial charge is 0.336 e. The molecule has 0 radical (unpaired) electrons. The van der Waals surface area contributed by atoms with Crippen molar-refractivity contribution < 1.29 is 17.5 Å². The maximum Gasteiger partial charge on any atom is 0.502 e. The molecule has 0 aliphatic rings. The molecule has 0 atom stereocenters. The first-order valence-electron chi connectivity index (χ1n) is 2.65. The highest BCUT2D eigenvalue weighted by Crippen LogP contribution is 2.44. The van der Waals surface area contributed by atoms with Crippen LogP contribution in [0, 0.1) is 0 Å². The van der Waals surface area contributed by atoms with Gasteiger partial charge < -0.3 is 4.53 Å². The minimum Gasteiger partial charge on any atom is -0.336 e. The first-order valence-corrected chi connectivity index (χ1v) is 7.55. The predicted molar refractivity (Wildman–Crippen MR) is 37.4 cm³/mol. The SMILES string of the molecule is C[Si](C)(C)ONP(=O)(F)F. The average molecular weight is 189 g/mol. The zero-order valence-electron chi connectivity index (χ0n) is 6.02. The first kappa shape index (κ1) is 10.2. The predicted octanol–water partition coefficient (Wildman–Crippen LogP) is 2.39. The van der Waals surface area contributed by atoms with Crippen molar-refractivity contribution in [3.05, 3.63) is 0 Å². The molecule has 0 aromatic carbocycles. The van der Waals surface area contributed by atoms with Gasteiger partial charge in [0.25, 0.3) is 0 Å². The topological polar surface area (TPSA) is 38.3 Å². The summed E-state index contributed by atoms with van der Waals surface area (Å²) < 4.78 is 37.4. The van der Waals surface area contributed by atoms with E-state index in [0.29, 0.717) is 0 Å². The molecule has 62 valence electrons. The lowest BCUT2D eigenvalue weighted by atomic mass is 11.8. The quantitative estimate of drug-likeness (QED) is 0.421. The number of hydrogen-bond donors (Lipinski definition) is 1. The Morgan fingerprint density at radius 3 is 1.90 bits per heavy atom. The molecule has 0 aromatic rings. The lowest BCUT2D eigenvalue weighted by Crippen LogP contribution is -2.30. The summed E-state index contributed by atoms with van der Waals surface area (Å²) in [6.07, 6.45) is 0. The Bertz CT molecular complexity index is 153.